The Bertz CT molecular complexity index is 771. The van der Waals surface area contributed by atoms with E-state index in [-0.39, 0.29) is 11.8 Å². The fraction of sp³-hybridized carbons (Fsp3) is 0.500. The van der Waals surface area contributed by atoms with Crippen LogP contribution in [0, 0.1) is 5.92 Å². The Morgan fingerprint density at radius 1 is 1.16 bits per heavy atom. The molecular weight excluding hydrogens is 384 g/mol. The van der Waals surface area contributed by atoms with E-state index in [0.717, 1.165) is 60.3 Å². The summed E-state index contributed by atoms with van der Waals surface area (Å²) in [5.41, 5.74) is 0.944. The topological polar surface area (TPSA) is 58.6 Å². The van der Waals surface area contributed by atoms with Crippen molar-refractivity contribution >= 4 is 38.7 Å². The van der Waals surface area contributed by atoms with Crippen LogP contribution in [-0.4, -0.2) is 60.2 Å². The van der Waals surface area contributed by atoms with Gasteiger partial charge < -0.3 is 14.5 Å². The summed E-state index contributed by atoms with van der Waals surface area (Å²) in [5, 5.41) is 1.02. The molecule has 2 aliphatic heterocycles. The maximum atomic E-state index is 12.6. The monoisotopic (exact) mass is 404 g/mol. The van der Waals surface area contributed by atoms with Crippen molar-refractivity contribution in [1.29, 1.82) is 0 Å². The normalized spacial score (nSPS) is 19.4. The summed E-state index contributed by atoms with van der Waals surface area (Å²) in [7, 11) is 0. The summed E-state index contributed by atoms with van der Waals surface area (Å²) < 4.78 is 6.36. The Morgan fingerprint density at radius 2 is 1.92 bits per heavy atom. The van der Waals surface area contributed by atoms with E-state index in [2.05, 4.69) is 30.8 Å². The number of carbonyl (C=O) groups is 1. The molecule has 0 radical (unpaired) electrons. The minimum Gasteiger partial charge on any atom is -0.378 e. The minimum atomic E-state index is 0.116. The molecule has 2 aromatic rings. The van der Waals surface area contributed by atoms with Crippen LogP contribution in [0.1, 0.15) is 12.8 Å². The predicted octanol–water partition coefficient (Wildman–Crippen LogP) is 2.47. The number of hydrogen-bond acceptors (Lipinski definition) is 5. The first-order valence-corrected chi connectivity index (χ1v) is 9.54. The number of rotatable bonds is 2. The van der Waals surface area contributed by atoms with Gasteiger partial charge in [0.2, 0.25) is 11.9 Å². The Morgan fingerprint density at radius 3 is 2.68 bits per heavy atom. The lowest BCUT2D eigenvalue weighted by atomic mass is 9.95. The second kappa shape index (κ2) is 7.25. The Labute approximate surface area is 155 Å². The number of piperidine rings is 1. The lowest BCUT2D eigenvalue weighted by Crippen LogP contribution is -2.47. The summed E-state index contributed by atoms with van der Waals surface area (Å²) in [6.45, 7) is 4.41. The highest BCUT2D eigenvalue weighted by molar-refractivity contribution is 9.10. The quantitative estimate of drug-likeness (QED) is 0.769. The molecule has 0 saturated carbocycles. The molecule has 1 aromatic heterocycles. The lowest BCUT2D eigenvalue weighted by molar-refractivity contribution is -0.140. The number of morpholine rings is 1. The van der Waals surface area contributed by atoms with Gasteiger partial charge in [-0.05, 0) is 31.0 Å². The zero-order valence-electron chi connectivity index (χ0n) is 14.0. The van der Waals surface area contributed by atoms with Crippen molar-refractivity contribution in [3.8, 4) is 0 Å². The molecule has 25 heavy (non-hydrogen) atoms. The molecule has 2 aliphatic rings. The van der Waals surface area contributed by atoms with Crippen LogP contribution in [0.2, 0.25) is 0 Å². The summed E-state index contributed by atoms with van der Waals surface area (Å²) in [4.78, 5) is 26.0. The number of benzene rings is 1. The smallest absolute Gasteiger partial charge is 0.225 e. The number of carbonyl (C=O) groups excluding carboxylic acids is 1. The summed E-state index contributed by atoms with van der Waals surface area (Å²) >= 11 is 3.47. The van der Waals surface area contributed by atoms with Crippen molar-refractivity contribution in [2.45, 2.75) is 12.8 Å². The van der Waals surface area contributed by atoms with Crippen molar-refractivity contribution < 1.29 is 9.53 Å². The molecule has 4 rings (SSSR count). The average molecular weight is 405 g/mol. The molecule has 0 spiro atoms. The number of nitrogens with zero attached hydrogens (tertiary/aromatic N) is 4. The van der Waals surface area contributed by atoms with Crippen LogP contribution in [0.15, 0.2) is 28.9 Å². The number of halogens is 1. The standard InChI is InChI=1S/C18H21BrN4O2/c19-15-1-2-16-14(11-15)12-20-18(21-16)23-5-3-13(4-6-23)17(24)22-7-9-25-10-8-22/h1-2,11-13H,3-10H2. The van der Waals surface area contributed by atoms with Crippen molar-refractivity contribution in [1.82, 2.24) is 14.9 Å². The molecule has 0 aliphatic carbocycles. The molecule has 0 unspecified atom stereocenters. The van der Waals surface area contributed by atoms with Gasteiger partial charge in [0, 0.05) is 48.2 Å². The van der Waals surface area contributed by atoms with Crippen molar-refractivity contribution in [2.24, 2.45) is 5.92 Å². The van der Waals surface area contributed by atoms with Gasteiger partial charge >= 0.3 is 0 Å². The molecule has 0 bridgehead atoms. The van der Waals surface area contributed by atoms with Crippen LogP contribution in [0.25, 0.3) is 10.9 Å². The number of amides is 1. The van der Waals surface area contributed by atoms with E-state index in [4.69, 9.17) is 4.74 Å². The van der Waals surface area contributed by atoms with E-state index < -0.39 is 0 Å². The fourth-order valence-electron chi connectivity index (χ4n) is 3.52. The largest absolute Gasteiger partial charge is 0.378 e. The van der Waals surface area contributed by atoms with Crippen LogP contribution in [0.4, 0.5) is 5.95 Å². The van der Waals surface area contributed by atoms with Gasteiger partial charge in [-0.15, -0.1) is 0 Å². The SMILES string of the molecule is O=C(C1CCN(c2ncc3cc(Br)ccc3n2)CC1)N1CCOCC1. The van der Waals surface area contributed by atoms with E-state index in [0.29, 0.717) is 13.2 Å². The number of fused-ring (bicyclic) bond motifs is 1. The minimum absolute atomic E-state index is 0.116. The lowest BCUT2D eigenvalue weighted by Gasteiger charge is -2.35. The summed E-state index contributed by atoms with van der Waals surface area (Å²) in [6.07, 6.45) is 3.59. The van der Waals surface area contributed by atoms with Gasteiger partial charge in [-0.1, -0.05) is 15.9 Å². The molecule has 3 heterocycles. The van der Waals surface area contributed by atoms with E-state index in [1.54, 1.807) is 0 Å². The highest BCUT2D eigenvalue weighted by Crippen LogP contribution is 2.25. The van der Waals surface area contributed by atoms with Crippen molar-refractivity contribution in [3.63, 3.8) is 0 Å². The van der Waals surface area contributed by atoms with Gasteiger partial charge in [0.25, 0.3) is 0 Å². The van der Waals surface area contributed by atoms with Gasteiger partial charge in [0.1, 0.15) is 0 Å². The average Bonchev–Trinajstić information content (AvgIpc) is 2.68. The number of hydrogen-bond donors (Lipinski definition) is 0. The van der Waals surface area contributed by atoms with E-state index in [9.17, 15) is 4.79 Å². The molecule has 2 fully saturated rings. The van der Waals surface area contributed by atoms with Crippen LogP contribution in [0.3, 0.4) is 0 Å². The summed E-state index contributed by atoms with van der Waals surface area (Å²) in [5.74, 6) is 1.16. The highest BCUT2D eigenvalue weighted by Gasteiger charge is 2.30. The molecular formula is C18H21BrN4O2. The molecule has 2 saturated heterocycles. The number of ether oxygens (including phenoxy) is 1. The van der Waals surface area contributed by atoms with Crippen LogP contribution < -0.4 is 4.90 Å². The highest BCUT2D eigenvalue weighted by atomic mass is 79.9. The fourth-order valence-corrected chi connectivity index (χ4v) is 3.89. The molecule has 0 N–H and O–H groups in total. The van der Waals surface area contributed by atoms with Crippen LogP contribution >= 0.6 is 15.9 Å². The first-order valence-electron chi connectivity index (χ1n) is 8.74. The van der Waals surface area contributed by atoms with Gasteiger partial charge in [0.15, 0.2) is 0 Å². The third-order valence-corrected chi connectivity index (χ3v) is 5.47. The van der Waals surface area contributed by atoms with Crippen LogP contribution in [0.5, 0.6) is 0 Å². The maximum Gasteiger partial charge on any atom is 0.225 e. The molecule has 1 aromatic carbocycles. The van der Waals surface area contributed by atoms with E-state index in [1.807, 2.05) is 29.3 Å². The second-order valence-electron chi connectivity index (χ2n) is 6.57. The molecule has 0 atom stereocenters. The van der Waals surface area contributed by atoms with Crippen molar-refractivity contribution in [2.75, 3.05) is 44.3 Å². The molecule has 132 valence electrons. The van der Waals surface area contributed by atoms with Gasteiger partial charge in [-0.25, -0.2) is 9.97 Å². The maximum absolute atomic E-state index is 12.6. The van der Waals surface area contributed by atoms with E-state index >= 15 is 0 Å². The third kappa shape index (κ3) is 3.62. The molecule has 6 nitrogen and oxygen atoms in total. The third-order valence-electron chi connectivity index (χ3n) is 4.98. The summed E-state index contributed by atoms with van der Waals surface area (Å²) in [6, 6.07) is 6.01. The number of anilines is 1. The first-order chi connectivity index (χ1) is 12.2. The second-order valence-corrected chi connectivity index (χ2v) is 7.49. The Kier molecular flexibility index (Phi) is 4.85. The first kappa shape index (κ1) is 16.7. The molecule has 1 amide bonds. The van der Waals surface area contributed by atoms with Gasteiger partial charge in [-0.3, -0.25) is 4.79 Å². The van der Waals surface area contributed by atoms with Gasteiger partial charge in [0.05, 0.1) is 18.7 Å². The zero-order chi connectivity index (χ0) is 17.2. The van der Waals surface area contributed by atoms with Crippen LogP contribution in [-0.2, 0) is 9.53 Å². The van der Waals surface area contributed by atoms with Crippen molar-refractivity contribution in [3.05, 3.63) is 28.9 Å². The van der Waals surface area contributed by atoms with Gasteiger partial charge in [-0.2, -0.15) is 0 Å². The Hall–Kier alpha value is -1.73. The predicted molar refractivity (Wildman–Crippen MR) is 99.6 cm³/mol. The molecule has 7 heteroatoms. The number of aromatic nitrogens is 2. The van der Waals surface area contributed by atoms with E-state index in [1.165, 1.54) is 0 Å². The Balaban J connectivity index is 1.41. The zero-order valence-corrected chi connectivity index (χ0v) is 15.6.